The standard InChI is InChI=1S/C15H13N3O5/c19-12-4-3-10(14(21)18-12)17-13(20)9-6-16-11-5-7(15(22)23)1-2-8(9)11/h1-2,5-6,10,16H,3-4H2,(H,17,20)(H,22,23)(H,18,19,21). The lowest BCUT2D eigenvalue weighted by Crippen LogP contribution is -2.52. The van der Waals surface area contributed by atoms with E-state index < -0.39 is 23.8 Å². The van der Waals surface area contributed by atoms with Gasteiger partial charge in [0.25, 0.3) is 5.91 Å². The Bertz CT molecular complexity index is 839. The van der Waals surface area contributed by atoms with E-state index in [1.165, 1.54) is 24.4 Å². The highest BCUT2D eigenvalue weighted by atomic mass is 16.4. The van der Waals surface area contributed by atoms with Crippen molar-refractivity contribution in [1.29, 1.82) is 0 Å². The van der Waals surface area contributed by atoms with Gasteiger partial charge in [-0.2, -0.15) is 0 Å². The van der Waals surface area contributed by atoms with E-state index in [4.69, 9.17) is 5.11 Å². The molecule has 4 N–H and O–H groups in total. The zero-order valence-electron chi connectivity index (χ0n) is 11.9. The summed E-state index contributed by atoms with van der Waals surface area (Å²) >= 11 is 0. The lowest BCUT2D eigenvalue weighted by Gasteiger charge is -2.21. The Hall–Kier alpha value is -3.16. The highest BCUT2D eigenvalue weighted by molar-refractivity contribution is 6.10. The Morgan fingerprint density at radius 1 is 1.26 bits per heavy atom. The quantitative estimate of drug-likeness (QED) is 0.609. The molecule has 1 aromatic carbocycles. The zero-order chi connectivity index (χ0) is 16.6. The second kappa shape index (κ2) is 5.56. The summed E-state index contributed by atoms with van der Waals surface area (Å²) in [5.41, 5.74) is 0.927. The molecule has 0 bridgehead atoms. The second-order valence-electron chi connectivity index (χ2n) is 5.25. The molecule has 1 atom stereocenters. The summed E-state index contributed by atoms with van der Waals surface area (Å²) in [6.45, 7) is 0. The van der Waals surface area contributed by atoms with Crippen molar-refractivity contribution >= 4 is 34.6 Å². The first-order valence-corrected chi connectivity index (χ1v) is 6.94. The Balaban J connectivity index is 1.82. The molecule has 0 radical (unpaired) electrons. The zero-order valence-corrected chi connectivity index (χ0v) is 11.9. The molecule has 0 saturated carbocycles. The van der Waals surface area contributed by atoms with Gasteiger partial charge in [-0.15, -0.1) is 0 Å². The third kappa shape index (κ3) is 2.78. The van der Waals surface area contributed by atoms with Crippen LogP contribution < -0.4 is 10.6 Å². The monoisotopic (exact) mass is 315 g/mol. The number of aromatic amines is 1. The van der Waals surface area contributed by atoms with Crippen LogP contribution in [0.25, 0.3) is 10.9 Å². The summed E-state index contributed by atoms with van der Waals surface area (Å²) in [5.74, 6) is -2.40. The van der Waals surface area contributed by atoms with E-state index in [1.54, 1.807) is 0 Å². The summed E-state index contributed by atoms with van der Waals surface area (Å²) in [6, 6.07) is 3.61. The van der Waals surface area contributed by atoms with Gasteiger partial charge in [0, 0.05) is 23.5 Å². The molecule has 3 amide bonds. The minimum atomic E-state index is -1.06. The Labute approximate surface area is 129 Å². The number of carboxylic acids is 1. The van der Waals surface area contributed by atoms with Crippen LogP contribution in [-0.4, -0.2) is 39.8 Å². The van der Waals surface area contributed by atoms with Crippen molar-refractivity contribution in [3.8, 4) is 0 Å². The van der Waals surface area contributed by atoms with Crippen molar-refractivity contribution in [2.45, 2.75) is 18.9 Å². The number of aromatic carboxylic acids is 1. The van der Waals surface area contributed by atoms with Crippen LogP contribution in [0.15, 0.2) is 24.4 Å². The van der Waals surface area contributed by atoms with Gasteiger partial charge in [-0.3, -0.25) is 19.7 Å². The number of amides is 3. The van der Waals surface area contributed by atoms with Crippen LogP contribution in [0.2, 0.25) is 0 Å². The number of aromatic nitrogens is 1. The van der Waals surface area contributed by atoms with E-state index in [1.807, 2.05) is 0 Å². The minimum absolute atomic E-state index is 0.108. The van der Waals surface area contributed by atoms with E-state index in [9.17, 15) is 19.2 Å². The third-order valence-electron chi connectivity index (χ3n) is 3.72. The third-order valence-corrected chi connectivity index (χ3v) is 3.72. The average molecular weight is 315 g/mol. The molecule has 8 heteroatoms. The minimum Gasteiger partial charge on any atom is -0.478 e. The van der Waals surface area contributed by atoms with Gasteiger partial charge < -0.3 is 15.4 Å². The number of H-pyrrole nitrogens is 1. The number of benzene rings is 1. The maximum absolute atomic E-state index is 12.3. The van der Waals surface area contributed by atoms with Gasteiger partial charge in [0.05, 0.1) is 11.1 Å². The summed E-state index contributed by atoms with van der Waals surface area (Å²) in [5, 5.41) is 14.3. The number of hydrogen-bond donors (Lipinski definition) is 4. The van der Waals surface area contributed by atoms with E-state index in [0.717, 1.165) is 0 Å². The molecular formula is C15H13N3O5. The van der Waals surface area contributed by atoms with Crippen LogP contribution in [0.4, 0.5) is 0 Å². The Morgan fingerprint density at radius 3 is 2.74 bits per heavy atom. The van der Waals surface area contributed by atoms with Crippen molar-refractivity contribution in [2.75, 3.05) is 0 Å². The first-order valence-electron chi connectivity index (χ1n) is 6.94. The van der Waals surface area contributed by atoms with E-state index >= 15 is 0 Å². The summed E-state index contributed by atoms with van der Waals surface area (Å²) < 4.78 is 0. The highest BCUT2D eigenvalue weighted by Gasteiger charge is 2.28. The number of rotatable bonds is 3. The van der Waals surface area contributed by atoms with Crippen LogP contribution in [0, 0.1) is 0 Å². The number of carboxylic acid groups (broad SMARTS) is 1. The van der Waals surface area contributed by atoms with E-state index in [0.29, 0.717) is 16.5 Å². The molecule has 118 valence electrons. The molecule has 3 rings (SSSR count). The van der Waals surface area contributed by atoms with Gasteiger partial charge in [-0.05, 0) is 18.6 Å². The van der Waals surface area contributed by atoms with Crippen LogP contribution in [-0.2, 0) is 9.59 Å². The van der Waals surface area contributed by atoms with Crippen molar-refractivity contribution in [3.63, 3.8) is 0 Å². The summed E-state index contributed by atoms with van der Waals surface area (Å²) in [6.07, 6.45) is 1.88. The van der Waals surface area contributed by atoms with Gasteiger partial charge in [0.2, 0.25) is 11.8 Å². The number of imide groups is 1. The van der Waals surface area contributed by atoms with Gasteiger partial charge in [-0.1, -0.05) is 6.07 Å². The fourth-order valence-corrected chi connectivity index (χ4v) is 2.51. The van der Waals surface area contributed by atoms with Crippen molar-refractivity contribution in [2.24, 2.45) is 0 Å². The Kier molecular flexibility index (Phi) is 3.57. The highest BCUT2D eigenvalue weighted by Crippen LogP contribution is 2.20. The molecule has 23 heavy (non-hydrogen) atoms. The molecule has 1 saturated heterocycles. The number of carbonyl (C=O) groups excluding carboxylic acids is 3. The lowest BCUT2D eigenvalue weighted by atomic mass is 10.0. The molecule has 1 aromatic heterocycles. The molecule has 1 unspecified atom stereocenters. The predicted octanol–water partition coefficient (Wildman–Crippen LogP) is 0.401. The smallest absolute Gasteiger partial charge is 0.335 e. The maximum atomic E-state index is 12.3. The normalized spacial score (nSPS) is 17.8. The van der Waals surface area contributed by atoms with Crippen molar-refractivity contribution < 1.29 is 24.3 Å². The van der Waals surface area contributed by atoms with Crippen LogP contribution in [0.1, 0.15) is 33.6 Å². The average Bonchev–Trinajstić information content (AvgIpc) is 2.93. The maximum Gasteiger partial charge on any atom is 0.335 e. The number of carbonyl (C=O) groups is 4. The number of fused-ring (bicyclic) bond motifs is 1. The lowest BCUT2D eigenvalue weighted by molar-refractivity contribution is -0.134. The van der Waals surface area contributed by atoms with Gasteiger partial charge in [0.1, 0.15) is 6.04 Å². The van der Waals surface area contributed by atoms with Crippen molar-refractivity contribution in [3.05, 3.63) is 35.5 Å². The first kappa shape index (κ1) is 14.8. The summed E-state index contributed by atoms with van der Waals surface area (Å²) in [7, 11) is 0. The molecule has 2 aromatic rings. The molecule has 0 spiro atoms. The van der Waals surface area contributed by atoms with Crippen LogP contribution >= 0.6 is 0 Å². The largest absolute Gasteiger partial charge is 0.478 e. The van der Waals surface area contributed by atoms with E-state index in [-0.39, 0.29) is 24.3 Å². The van der Waals surface area contributed by atoms with Crippen LogP contribution in [0.3, 0.4) is 0 Å². The molecule has 1 aliphatic rings. The molecule has 2 heterocycles. The molecule has 8 nitrogen and oxygen atoms in total. The molecule has 1 aliphatic heterocycles. The van der Waals surface area contributed by atoms with E-state index in [2.05, 4.69) is 15.6 Å². The number of piperidine rings is 1. The van der Waals surface area contributed by atoms with Gasteiger partial charge in [0.15, 0.2) is 0 Å². The Morgan fingerprint density at radius 2 is 2.04 bits per heavy atom. The molecule has 1 fully saturated rings. The SMILES string of the molecule is O=C1CCC(NC(=O)c2c[nH]c3cc(C(=O)O)ccc23)C(=O)N1. The summed E-state index contributed by atoms with van der Waals surface area (Å²) in [4.78, 5) is 48.9. The number of nitrogens with one attached hydrogen (secondary N) is 3. The predicted molar refractivity (Wildman–Crippen MR) is 78.9 cm³/mol. The topological polar surface area (TPSA) is 128 Å². The van der Waals surface area contributed by atoms with Crippen LogP contribution in [0.5, 0.6) is 0 Å². The first-order chi connectivity index (χ1) is 11.0. The van der Waals surface area contributed by atoms with Crippen molar-refractivity contribution in [1.82, 2.24) is 15.6 Å². The molecule has 0 aliphatic carbocycles. The van der Waals surface area contributed by atoms with Gasteiger partial charge in [-0.25, -0.2) is 4.79 Å². The second-order valence-corrected chi connectivity index (χ2v) is 5.25. The fraction of sp³-hybridized carbons (Fsp3) is 0.200. The van der Waals surface area contributed by atoms with Gasteiger partial charge >= 0.3 is 5.97 Å². The number of hydrogen-bond acceptors (Lipinski definition) is 4. The molecular weight excluding hydrogens is 302 g/mol. The fourth-order valence-electron chi connectivity index (χ4n) is 2.51.